The second-order valence-electron chi connectivity index (χ2n) is 2.80. The average molecular weight is 320 g/mol. The maximum absolute atomic E-state index is 6.04. The number of ether oxygens (including phenoxy) is 1. The summed E-state index contributed by atoms with van der Waals surface area (Å²) >= 11 is 8.25. The number of halogens is 2. The van der Waals surface area contributed by atoms with Crippen LogP contribution in [0.25, 0.3) is 10.9 Å². The summed E-state index contributed by atoms with van der Waals surface area (Å²) in [4.78, 5) is 4.23. The molecule has 1 aromatic carbocycles. The van der Waals surface area contributed by atoms with E-state index < -0.39 is 0 Å². The normalized spacial score (nSPS) is 10.5. The maximum Gasteiger partial charge on any atom is 0.132 e. The molecule has 0 atom stereocenters. The molecule has 0 unspecified atom stereocenters. The summed E-state index contributed by atoms with van der Waals surface area (Å²) in [7, 11) is 1.65. The zero-order valence-electron chi connectivity index (χ0n) is 7.42. The molecule has 0 aliphatic carbocycles. The lowest BCUT2D eigenvalue weighted by molar-refractivity contribution is 0.412. The molecule has 0 radical (unpaired) electrons. The van der Waals surface area contributed by atoms with Gasteiger partial charge in [0.1, 0.15) is 5.75 Å². The van der Waals surface area contributed by atoms with Crippen LogP contribution in [0.4, 0.5) is 0 Å². The second-order valence-corrected chi connectivity index (χ2v) is 4.37. The first kappa shape index (κ1) is 9.98. The van der Waals surface area contributed by atoms with E-state index in [9.17, 15) is 0 Å². The molecule has 0 saturated carbocycles. The number of hydrogen-bond acceptors (Lipinski definition) is 2. The highest BCUT2D eigenvalue weighted by Crippen LogP contribution is 2.29. The fourth-order valence-corrected chi connectivity index (χ4v) is 2.15. The van der Waals surface area contributed by atoms with Crippen molar-refractivity contribution in [2.75, 3.05) is 7.11 Å². The highest BCUT2D eigenvalue weighted by molar-refractivity contribution is 14.1. The molecule has 14 heavy (non-hydrogen) atoms. The Morgan fingerprint density at radius 3 is 2.93 bits per heavy atom. The zero-order valence-corrected chi connectivity index (χ0v) is 10.3. The molecule has 2 nitrogen and oxygen atoms in total. The van der Waals surface area contributed by atoms with E-state index in [1.807, 2.05) is 12.1 Å². The molecule has 0 aliphatic heterocycles. The smallest absolute Gasteiger partial charge is 0.132 e. The summed E-state index contributed by atoms with van der Waals surface area (Å²) in [6, 6.07) is 5.64. The van der Waals surface area contributed by atoms with Gasteiger partial charge in [-0.2, -0.15) is 0 Å². The fraction of sp³-hybridized carbons (Fsp3) is 0.100. The number of rotatable bonds is 1. The van der Waals surface area contributed by atoms with Crippen LogP contribution in [-0.2, 0) is 0 Å². The van der Waals surface area contributed by atoms with E-state index in [1.54, 1.807) is 19.4 Å². The van der Waals surface area contributed by atoms with Crippen LogP contribution < -0.4 is 4.74 Å². The first-order valence-electron chi connectivity index (χ1n) is 4.00. The van der Waals surface area contributed by atoms with Crippen LogP contribution in [-0.4, -0.2) is 12.1 Å². The molecule has 0 bridgehead atoms. The minimum atomic E-state index is 0.699. The Labute approximate surface area is 100 Å². The van der Waals surface area contributed by atoms with E-state index in [0.29, 0.717) is 5.02 Å². The Balaban J connectivity index is 2.80. The van der Waals surface area contributed by atoms with Gasteiger partial charge >= 0.3 is 0 Å². The third-order valence-electron chi connectivity index (χ3n) is 1.96. The SMILES string of the molecule is COc1cc2c(Cl)ccnc2cc1I. The monoisotopic (exact) mass is 319 g/mol. The minimum Gasteiger partial charge on any atom is -0.496 e. The number of aromatic nitrogens is 1. The summed E-state index contributed by atoms with van der Waals surface area (Å²) in [5.41, 5.74) is 0.891. The maximum atomic E-state index is 6.04. The molecule has 1 heterocycles. The van der Waals surface area contributed by atoms with Crippen LogP contribution >= 0.6 is 34.2 Å². The van der Waals surface area contributed by atoms with Gasteiger partial charge in [0.15, 0.2) is 0 Å². The van der Waals surface area contributed by atoms with Gasteiger partial charge in [-0.05, 0) is 40.8 Å². The molecular formula is C10H7ClINO. The Hall–Kier alpha value is -0.550. The molecule has 1 aromatic heterocycles. The largest absolute Gasteiger partial charge is 0.496 e. The topological polar surface area (TPSA) is 22.1 Å². The van der Waals surface area contributed by atoms with Crippen LogP contribution in [0, 0.1) is 3.57 Å². The average Bonchev–Trinajstić information content (AvgIpc) is 2.17. The molecule has 0 spiro atoms. The lowest BCUT2D eigenvalue weighted by Gasteiger charge is -2.05. The van der Waals surface area contributed by atoms with E-state index in [2.05, 4.69) is 27.6 Å². The molecule has 0 N–H and O–H groups in total. The Bertz CT molecular complexity index is 487. The van der Waals surface area contributed by atoms with Gasteiger partial charge < -0.3 is 4.74 Å². The molecule has 0 amide bonds. The minimum absolute atomic E-state index is 0.699. The van der Waals surface area contributed by atoms with Gasteiger partial charge in [-0.15, -0.1) is 0 Å². The van der Waals surface area contributed by atoms with E-state index in [1.165, 1.54) is 0 Å². The van der Waals surface area contributed by atoms with Crippen LogP contribution in [0.2, 0.25) is 5.02 Å². The van der Waals surface area contributed by atoms with E-state index in [-0.39, 0.29) is 0 Å². The predicted molar refractivity (Wildman–Crippen MR) is 66.0 cm³/mol. The third kappa shape index (κ3) is 1.66. The summed E-state index contributed by atoms with van der Waals surface area (Å²) < 4.78 is 6.25. The van der Waals surface area contributed by atoms with Gasteiger partial charge in [0.25, 0.3) is 0 Å². The zero-order chi connectivity index (χ0) is 10.1. The summed E-state index contributed by atoms with van der Waals surface area (Å²) in [5.74, 6) is 0.827. The number of nitrogens with zero attached hydrogens (tertiary/aromatic N) is 1. The van der Waals surface area contributed by atoms with Gasteiger partial charge in [0, 0.05) is 11.6 Å². The van der Waals surface area contributed by atoms with Crippen LogP contribution in [0.15, 0.2) is 24.4 Å². The number of pyridine rings is 1. The van der Waals surface area contributed by atoms with Gasteiger partial charge in [0.05, 0.1) is 21.2 Å². The van der Waals surface area contributed by atoms with Crippen molar-refractivity contribution in [2.24, 2.45) is 0 Å². The fourth-order valence-electron chi connectivity index (χ4n) is 1.27. The molecular weight excluding hydrogens is 312 g/mol. The molecule has 2 rings (SSSR count). The quantitative estimate of drug-likeness (QED) is 0.751. The van der Waals surface area contributed by atoms with Crippen molar-refractivity contribution in [2.45, 2.75) is 0 Å². The van der Waals surface area contributed by atoms with E-state index >= 15 is 0 Å². The van der Waals surface area contributed by atoms with E-state index in [0.717, 1.165) is 20.2 Å². The van der Waals surface area contributed by atoms with Gasteiger partial charge in [-0.1, -0.05) is 11.6 Å². The molecule has 72 valence electrons. The first-order valence-corrected chi connectivity index (χ1v) is 5.46. The van der Waals surface area contributed by atoms with Crippen molar-refractivity contribution in [1.82, 2.24) is 4.98 Å². The van der Waals surface area contributed by atoms with Crippen molar-refractivity contribution in [3.63, 3.8) is 0 Å². The van der Waals surface area contributed by atoms with Crippen LogP contribution in [0.1, 0.15) is 0 Å². The van der Waals surface area contributed by atoms with Gasteiger partial charge in [-0.25, -0.2) is 0 Å². The highest BCUT2D eigenvalue weighted by atomic mass is 127. The molecule has 0 fully saturated rings. The molecule has 0 aliphatic rings. The van der Waals surface area contributed by atoms with Crippen molar-refractivity contribution >= 4 is 45.1 Å². The van der Waals surface area contributed by atoms with Crippen LogP contribution in [0.5, 0.6) is 5.75 Å². The Morgan fingerprint density at radius 1 is 1.43 bits per heavy atom. The van der Waals surface area contributed by atoms with Crippen molar-refractivity contribution in [1.29, 1.82) is 0 Å². The Kier molecular flexibility index (Phi) is 2.78. The lowest BCUT2D eigenvalue weighted by atomic mass is 10.2. The highest BCUT2D eigenvalue weighted by Gasteiger charge is 2.05. The molecule has 2 aromatic rings. The number of benzene rings is 1. The number of hydrogen-bond donors (Lipinski definition) is 0. The van der Waals surface area contributed by atoms with Gasteiger partial charge in [-0.3, -0.25) is 4.98 Å². The first-order chi connectivity index (χ1) is 6.72. The Morgan fingerprint density at radius 2 is 2.21 bits per heavy atom. The summed E-state index contributed by atoms with van der Waals surface area (Å²) in [6.45, 7) is 0. The second kappa shape index (κ2) is 3.90. The van der Waals surface area contributed by atoms with Crippen molar-refractivity contribution in [3.8, 4) is 5.75 Å². The number of fused-ring (bicyclic) bond motifs is 1. The number of methoxy groups -OCH3 is 1. The molecule has 4 heteroatoms. The summed E-state index contributed by atoms with van der Waals surface area (Å²) in [6.07, 6.45) is 1.70. The third-order valence-corrected chi connectivity index (χ3v) is 3.13. The van der Waals surface area contributed by atoms with Crippen molar-refractivity contribution < 1.29 is 4.74 Å². The van der Waals surface area contributed by atoms with E-state index in [4.69, 9.17) is 16.3 Å². The predicted octanol–water partition coefficient (Wildman–Crippen LogP) is 3.50. The summed E-state index contributed by atoms with van der Waals surface area (Å²) in [5, 5.41) is 1.62. The lowest BCUT2D eigenvalue weighted by Crippen LogP contribution is -1.88. The van der Waals surface area contributed by atoms with Gasteiger partial charge in [0.2, 0.25) is 0 Å². The van der Waals surface area contributed by atoms with Crippen molar-refractivity contribution in [3.05, 3.63) is 33.0 Å². The van der Waals surface area contributed by atoms with Crippen LogP contribution in [0.3, 0.4) is 0 Å². The molecule has 0 saturated heterocycles. The standard InChI is InChI=1S/C10H7ClINO/c1-14-10-4-6-7(11)2-3-13-9(6)5-8(10)12/h2-5H,1H3.